The summed E-state index contributed by atoms with van der Waals surface area (Å²) >= 11 is 1.35. The normalized spacial score (nSPS) is 18.9. The van der Waals surface area contributed by atoms with Crippen LogP contribution in [0.2, 0.25) is 0 Å². The van der Waals surface area contributed by atoms with Crippen LogP contribution in [0.5, 0.6) is 0 Å². The summed E-state index contributed by atoms with van der Waals surface area (Å²) in [6.45, 7) is 4.68. The van der Waals surface area contributed by atoms with Gasteiger partial charge in [0.05, 0.1) is 10.6 Å². The summed E-state index contributed by atoms with van der Waals surface area (Å²) in [6, 6.07) is 18.0. The van der Waals surface area contributed by atoms with Crippen molar-refractivity contribution in [1.29, 1.82) is 0 Å². The van der Waals surface area contributed by atoms with Gasteiger partial charge in [0.15, 0.2) is 5.17 Å². The Morgan fingerprint density at radius 3 is 2.44 bits per heavy atom. The fraction of sp³-hybridized carbons (Fsp3) is 0.259. The van der Waals surface area contributed by atoms with Gasteiger partial charge in [0.1, 0.15) is 17.3 Å². The molecule has 0 bridgehead atoms. The lowest BCUT2D eigenvalue weighted by molar-refractivity contribution is -0.122. The van der Waals surface area contributed by atoms with E-state index in [0.29, 0.717) is 28.1 Å². The van der Waals surface area contributed by atoms with Gasteiger partial charge < -0.3 is 9.32 Å². The van der Waals surface area contributed by atoms with Crippen LogP contribution >= 0.6 is 11.8 Å². The summed E-state index contributed by atoms with van der Waals surface area (Å²) < 4.78 is 19.1. The fourth-order valence-electron chi connectivity index (χ4n) is 4.20. The highest BCUT2D eigenvalue weighted by Crippen LogP contribution is 2.35. The maximum Gasteiger partial charge on any atom is 0.266 e. The van der Waals surface area contributed by atoms with Gasteiger partial charge in [0.2, 0.25) is 0 Å². The van der Waals surface area contributed by atoms with E-state index < -0.39 is 0 Å². The molecule has 1 amide bonds. The maximum atomic E-state index is 13.2. The Labute approximate surface area is 203 Å². The molecular formula is C27H26FN3O2S. The molecule has 0 spiro atoms. The number of anilines is 1. The van der Waals surface area contributed by atoms with Crippen LogP contribution in [0, 0.1) is 5.82 Å². The highest BCUT2D eigenvalue weighted by atomic mass is 32.2. The first kappa shape index (κ1) is 22.5. The molecule has 3 aromatic rings. The highest BCUT2D eigenvalue weighted by Gasteiger charge is 2.32. The number of carbonyl (C=O) groups excluding carboxylic acids is 1. The summed E-state index contributed by atoms with van der Waals surface area (Å²) in [7, 11) is 0. The number of aliphatic imine (C=N–C) groups is 1. The summed E-state index contributed by atoms with van der Waals surface area (Å²) in [6.07, 6.45) is 5.53. The van der Waals surface area contributed by atoms with Crippen LogP contribution in [0.4, 0.5) is 15.8 Å². The zero-order chi connectivity index (χ0) is 23.5. The van der Waals surface area contributed by atoms with Crippen molar-refractivity contribution < 1.29 is 13.6 Å². The minimum atomic E-state index is -0.293. The lowest BCUT2D eigenvalue weighted by Gasteiger charge is -2.28. The van der Waals surface area contributed by atoms with Gasteiger partial charge in [-0.15, -0.1) is 0 Å². The summed E-state index contributed by atoms with van der Waals surface area (Å²) in [5, 5.41) is 0.662. The molecule has 34 heavy (non-hydrogen) atoms. The molecule has 0 N–H and O–H groups in total. The number of benzene rings is 2. The first-order valence-corrected chi connectivity index (χ1v) is 12.4. The van der Waals surface area contributed by atoms with Gasteiger partial charge >= 0.3 is 0 Å². The largest absolute Gasteiger partial charge is 0.457 e. The number of hydrogen-bond donors (Lipinski definition) is 0. The van der Waals surface area contributed by atoms with Crippen LogP contribution < -0.4 is 4.90 Å². The molecule has 7 heteroatoms. The molecule has 0 unspecified atom stereocenters. The van der Waals surface area contributed by atoms with Crippen LogP contribution in [0.3, 0.4) is 0 Å². The van der Waals surface area contributed by atoms with Crippen LogP contribution in [-0.4, -0.2) is 35.6 Å². The Morgan fingerprint density at radius 2 is 1.74 bits per heavy atom. The predicted molar refractivity (Wildman–Crippen MR) is 137 cm³/mol. The van der Waals surface area contributed by atoms with Crippen molar-refractivity contribution in [3.05, 3.63) is 77.1 Å². The van der Waals surface area contributed by atoms with E-state index in [4.69, 9.17) is 9.41 Å². The van der Waals surface area contributed by atoms with Gasteiger partial charge in [0, 0.05) is 37.0 Å². The van der Waals surface area contributed by atoms with Gasteiger partial charge in [-0.2, -0.15) is 0 Å². The van der Waals surface area contributed by atoms with Gasteiger partial charge in [0.25, 0.3) is 5.91 Å². The maximum absolute atomic E-state index is 13.2. The van der Waals surface area contributed by atoms with E-state index in [1.165, 1.54) is 48.8 Å². The second kappa shape index (κ2) is 9.89. The minimum Gasteiger partial charge on any atom is -0.457 e. The van der Waals surface area contributed by atoms with Crippen LogP contribution in [-0.2, 0) is 4.79 Å². The van der Waals surface area contributed by atoms with E-state index in [9.17, 15) is 9.18 Å². The molecule has 174 valence electrons. The lowest BCUT2D eigenvalue weighted by atomic mass is 10.1. The average Bonchev–Trinajstić information content (AvgIpc) is 3.45. The van der Waals surface area contributed by atoms with Crippen LogP contribution in [0.25, 0.3) is 17.4 Å². The lowest BCUT2D eigenvalue weighted by Crippen LogP contribution is -2.29. The Kier molecular flexibility index (Phi) is 6.54. The molecule has 3 heterocycles. The molecule has 0 aliphatic carbocycles. The van der Waals surface area contributed by atoms with Crippen molar-refractivity contribution in [3.63, 3.8) is 0 Å². The van der Waals surface area contributed by atoms with Crippen LogP contribution in [0.15, 0.2) is 75.0 Å². The highest BCUT2D eigenvalue weighted by molar-refractivity contribution is 8.18. The monoisotopic (exact) mass is 475 g/mol. The van der Waals surface area contributed by atoms with Crippen molar-refractivity contribution in [2.75, 3.05) is 24.5 Å². The first-order chi connectivity index (χ1) is 16.6. The minimum absolute atomic E-state index is 0.0871. The summed E-state index contributed by atoms with van der Waals surface area (Å²) in [5.74, 6) is 0.810. The third kappa shape index (κ3) is 4.80. The molecule has 2 aliphatic rings. The number of thioether (sulfide) groups is 1. The number of furan rings is 1. The Balaban J connectivity index is 1.34. The van der Waals surface area contributed by atoms with Crippen LogP contribution in [0.1, 0.15) is 31.9 Å². The molecule has 0 radical (unpaired) electrons. The standard InChI is InChI=1S/C27H26FN3O2S/c1-2-31-26(32)25(18-23-14-15-24(33-23)19-6-8-20(28)9-7-19)34-27(31)29-21-10-12-22(13-11-21)30-16-4-3-5-17-30/h6-15,18H,2-5,16-17H2,1H3/b25-18-,29-27?. The van der Waals surface area contributed by atoms with E-state index in [1.54, 1.807) is 23.1 Å². The molecular weight excluding hydrogens is 449 g/mol. The molecule has 2 fully saturated rings. The molecule has 5 nitrogen and oxygen atoms in total. The molecule has 1 aromatic heterocycles. The predicted octanol–water partition coefficient (Wildman–Crippen LogP) is 6.70. The molecule has 2 saturated heterocycles. The summed E-state index contributed by atoms with van der Waals surface area (Å²) in [5.41, 5.74) is 2.83. The smallest absolute Gasteiger partial charge is 0.266 e. The third-order valence-electron chi connectivity index (χ3n) is 6.03. The number of amidine groups is 1. The number of nitrogens with zero attached hydrogens (tertiary/aromatic N) is 3. The van der Waals surface area contributed by atoms with E-state index in [0.717, 1.165) is 24.3 Å². The molecule has 0 atom stereocenters. The zero-order valence-corrected chi connectivity index (χ0v) is 19.9. The van der Waals surface area contributed by atoms with Gasteiger partial charge in [-0.3, -0.25) is 9.69 Å². The van der Waals surface area contributed by atoms with E-state index in [-0.39, 0.29) is 11.7 Å². The van der Waals surface area contributed by atoms with E-state index in [1.807, 2.05) is 31.2 Å². The fourth-order valence-corrected chi connectivity index (χ4v) is 5.24. The van der Waals surface area contributed by atoms with Crippen molar-refractivity contribution in [3.8, 4) is 11.3 Å². The van der Waals surface area contributed by atoms with Crippen molar-refractivity contribution in [2.45, 2.75) is 26.2 Å². The number of amides is 1. The first-order valence-electron chi connectivity index (χ1n) is 11.6. The molecule has 2 aliphatic heterocycles. The quantitative estimate of drug-likeness (QED) is 0.385. The number of likely N-dealkylation sites (N-methyl/N-ethyl adjacent to an activating group) is 1. The Bertz CT molecular complexity index is 1230. The number of hydrogen-bond acceptors (Lipinski definition) is 5. The van der Waals surface area contributed by atoms with Crippen molar-refractivity contribution >= 4 is 40.3 Å². The third-order valence-corrected chi connectivity index (χ3v) is 7.04. The second-order valence-electron chi connectivity index (χ2n) is 8.33. The second-order valence-corrected chi connectivity index (χ2v) is 9.34. The Hall–Kier alpha value is -3.32. The van der Waals surface area contributed by atoms with E-state index in [2.05, 4.69) is 17.0 Å². The van der Waals surface area contributed by atoms with E-state index >= 15 is 0 Å². The van der Waals surface area contributed by atoms with Gasteiger partial charge in [-0.25, -0.2) is 9.38 Å². The van der Waals surface area contributed by atoms with Crippen molar-refractivity contribution in [2.24, 2.45) is 4.99 Å². The Morgan fingerprint density at radius 1 is 1.00 bits per heavy atom. The molecule has 2 aromatic carbocycles. The van der Waals surface area contributed by atoms with Gasteiger partial charge in [-0.05, 0) is 98.6 Å². The van der Waals surface area contributed by atoms with Crippen molar-refractivity contribution in [1.82, 2.24) is 4.90 Å². The number of piperidine rings is 1. The molecule has 0 saturated carbocycles. The average molecular weight is 476 g/mol. The molecule has 5 rings (SSSR count). The topological polar surface area (TPSA) is 49.1 Å². The summed E-state index contributed by atoms with van der Waals surface area (Å²) in [4.78, 5) is 22.4. The number of rotatable bonds is 5. The van der Waals surface area contributed by atoms with Gasteiger partial charge in [-0.1, -0.05) is 0 Å². The number of carbonyl (C=O) groups is 1. The zero-order valence-electron chi connectivity index (χ0n) is 19.0. The SMILES string of the molecule is CCN1C(=O)/C(=C/c2ccc(-c3ccc(F)cc3)o2)SC1=Nc1ccc(N2CCCCC2)cc1. The number of halogens is 1.